The largest absolute Gasteiger partial charge is 0.380 e. The molecule has 0 radical (unpaired) electrons. The lowest BCUT2D eigenvalue weighted by atomic mass is 9.86. The summed E-state index contributed by atoms with van der Waals surface area (Å²) in [4.78, 5) is 9.96. The molecule has 1 aliphatic rings. The number of hydrogen-bond donors (Lipinski definition) is 0. The van der Waals surface area contributed by atoms with Crippen molar-refractivity contribution in [1.29, 1.82) is 0 Å². The van der Waals surface area contributed by atoms with E-state index in [1.165, 1.54) is 0 Å². The molecule has 0 unspecified atom stereocenters. The van der Waals surface area contributed by atoms with Crippen molar-refractivity contribution in [3.8, 4) is 0 Å². The lowest BCUT2D eigenvalue weighted by Gasteiger charge is -2.36. The second kappa shape index (κ2) is 1.86. The molecule has 0 bridgehead atoms. The Hall–Kier alpha value is -0.370. The molecule has 8 heavy (non-hydrogen) atoms. The van der Waals surface area contributed by atoms with Crippen LogP contribution in [0.25, 0.3) is 0 Å². The highest BCUT2D eigenvalue weighted by molar-refractivity contribution is 5.50. The lowest BCUT2D eigenvalue weighted by Crippen LogP contribution is -2.39. The fourth-order valence-corrected chi connectivity index (χ4v) is 0.770. The Morgan fingerprint density at radius 2 is 2.38 bits per heavy atom. The molecule has 2 nitrogen and oxygen atoms in total. The minimum Gasteiger partial charge on any atom is -0.380 e. The van der Waals surface area contributed by atoms with Crippen LogP contribution < -0.4 is 0 Å². The van der Waals surface area contributed by atoms with Crippen molar-refractivity contribution in [1.82, 2.24) is 0 Å². The molecule has 1 aliphatic heterocycles. The summed E-state index contributed by atoms with van der Waals surface area (Å²) in [6.45, 7) is 3.57. The summed E-state index contributed by atoms with van der Waals surface area (Å²) in [5.41, 5.74) is 0.182. The third-order valence-corrected chi connectivity index (χ3v) is 1.48. The van der Waals surface area contributed by atoms with Gasteiger partial charge >= 0.3 is 0 Å². The summed E-state index contributed by atoms with van der Waals surface area (Å²) in [7, 11) is 0. The maximum Gasteiger partial charge on any atom is 0.120 e. The number of aldehydes is 1. The van der Waals surface area contributed by atoms with Crippen LogP contribution in [0.4, 0.5) is 0 Å². The van der Waals surface area contributed by atoms with Crippen LogP contribution >= 0.6 is 0 Å². The predicted octanol–water partition coefficient (Wildman–Crippen LogP) is 0.612. The zero-order valence-electron chi connectivity index (χ0n) is 5.02. The van der Waals surface area contributed by atoms with Crippen LogP contribution in [0, 0.1) is 5.41 Å². The summed E-state index contributed by atoms with van der Waals surface area (Å²) in [6, 6.07) is 0. The summed E-state index contributed by atoms with van der Waals surface area (Å²) in [6.07, 6.45) is 1.61. The van der Waals surface area contributed by atoms with Crippen LogP contribution in [0.1, 0.15) is 13.3 Å². The quantitative estimate of drug-likeness (QED) is 0.492. The SMILES string of the molecule is CC1(CC=O)COC1. The molecule has 1 rings (SSSR count). The van der Waals surface area contributed by atoms with Crippen molar-refractivity contribution in [2.45, 2.75) is 13.3 Å². The van der Waals surface area contributed by atoms with E-state index in [4.69, 9.17) is 4.74 Å². The molecule has 0 aromatic heterocycles. The van der Waals surface area contributed by atoms with Gasteiger partial charge in [0.05, 0.1) is 13.2 Å². The molecule has 1 heterocycles. The number of rotatable bonds is 2. The molecule has 0 aromatic carbocycles. The Morgan fingerprint density at radius 1 is 1.75 bits per heavy atom. The topological polar surface area (TPSA) is 26.3 Å². The van der Waals surface area contributed by atoms with Gasteiger partial charge in [-0.2, -0.15) is 0 Å². The van der Waals surface area contributed by atoms with Crippen molar-refractivity contribution in [2.75, 3.05) is 13.2 Å². The molecule has 0 aliphatic carbocycles. The van der Waals surface area contributed by atoms with Gasteiger partial charge in [-0.25, -0.2) is 0 Å². The Morgan fingerprint density at radius 3 is 2.50 bits per heavy atom. The van der Waals surface area contributed by atoms with Crippen molar-refractivity contribution in [2.24, 2.45) is 5.41 Å². The van der Waals surface area contributed by atoms with Gasteiger partial charge in [-0.15, -0.1) is 0 Å². The van der Waals surface area contributed by atoms with Crippen LogP contribution in [0.5, 0.6) is 0 Å². The molecule has 2 heteroatoms. The van der Waals surface area contributed by atoms with Crippen molar-refractivity contribution < 1.29 is 9.53 Å². The average molecular weight is 114 g/mol. The molecule has 1 fully saturated rings. The van der Waals surface area contributed by atoms with Gasteiger partial charge < -0.3 is 9.53 Å². The molecule has 46 valence electrons. The van der Waals surface area contributed by atoms with Crippen LogP contribution in [0.3, 0.4) is 0 Å². The van der Waals surface area contributed by atoms with Gasteiger partial charge in [-0.3, -0.25) is 0 Å². The van der Waals surface area contributed by atoms with Crippen LogP contribution in [0.15, 0.2) is 0 Å². The van der Waals surface area contributed by atoms with Gasteiger partial charge in [0.15, 0.2) is 0 Å². The van der Waals surface area contributed by atoms with E-state index in [-0.39, 0.29) is 5.41 Å². The Labute approximate surface area is 48.8 Å². The van der Waals surface area contributed by atoms with Crippen molar-refractivity contribution >= 4 is 6.29 Å². The highest BCUT2D eigenvalue weighted by atomic mass is 16.5. The first-order valence-corrected chi connectivity index (χ1v) is 2.78. The van der Waals surface area contributed by atoms with E-state index in [0.29, 0.717) is 6.42 Å². The Bertz CT molecular complexity index is 94.7. The normalized spacial score (nSPS) is 24.1. The van der Waals surface area contributed by atoms with E-state index in [1.807, 2.05) is 0 Å². The summed E-state index contributed by atoms with van der Waals surface area (Å²) < 4.78 is 4.93. The molecule has 1 saturated heterocycles. The number of carbonyl (C=O) groups is 1. The standard InChI is InChI=1S/C6H10O2/c1-6(2-3-7)4-8-5-6/h3H,2,4-5H2,1H3. The van der Waals surface area contributed by atoms with Crippen molar-refractivity contribution in [3.05, 3.63) is 0 Å². The molecule has 0 atom stereocenters. The van der Waals surface area contributed by atoms with E-state index >= 15 is 0 Å². The van der Waals surface area contributed by atoms with Gasteiger partial charge in [0, 0.05) is 11.8 Å². The maximum atomic E-state index is 9.96. The molecule has 0 spiro atoms. The average Bonchev–Trinajstić information content (AvgIpc) is 1.64. The first kappa shape index (κ1) is 5.76. The lowest BCUT2D eigenvalue weighted by molar-refractivity contribution is -0.127. The summed E-state index contributed by atoms with van der Waals surface area (Å²) >= 11 is 0. The highest BCUT2D eigenvalue weighted by Gasteiger charge is 2.32. The second-order valence-corrected chi connectivity index (χ2v) is 2.67. The molecule has 0 N–H and O–H groups in total. The van der Waals surface area contributed by atoms with Crippen LogP contribution in [0.2, 0.25) is 0 Å². The van der Waals surface area contributed by atoms with Gasteiger partial charge in [-0.05, 0) is 0 Å². The monoisotopic (exact) mass is 114 g/mol. The van der Waals surface area contributed by atoms with E-state index in [9.17, 15) is 4.79 Å². The first-order valence-electron chi connectivity index (χ1n) is 2.78. The zero-order valence-corrected chi connectivity index (χ0v) is 5.02. The summed E-state index contributed by atoms with van der Waals surface area (Å²) in [5, 5.41) is 0. The number of ether oxygens (including phenoxy) is 1. The zero-order chi connectivity index (χ0) is 6.04. The Kier molecular flexibility index (Phi) is 1.34. The van der Waals surface area contributed by atoms with Crippen LogP contribution in [-0.4, -0.2) is 19.5 Å². The van der Waals surface area contributed by atoms with Crippen molar-refractivity contribution in [3.63, 3.8) is 0 Å². The third kappa shape index (κ3) is 0.892. The van der Waals surface area contributed by atoms with Gasteiger partial charge in [0.2, 0.25) is 0 Å². The fourth-order valence-electron chi connectivity index (χ4n) is 0.770. The highest BCUT2D eigenvalue weighted by Crippen LogP contribution is 2.28. The molecular formula is C6H10O2. The predicted molar refractivity (Wildman–Crippen MR) is 29.6 cm³/mol. The van der Waals surface area contributed by atoms with E-state index in [1.54, 1.807) is 0 Å². The second-order valence-electron chi connectivity index (χ2n) is 2.67. The number of hydrogen-bond acceptors (Lipinski definition) is 2. The van der Waals surface area contributed by atoms with E-state index in [2.05, 4.69) is 6.92 Å². The first-order chi connectivity index (χ1) is 3.77. The van der Waals surface area contributed by atoms with E-state index < -0.39 is 0 Å². The fraction of sp³-hybridized carbons (Fsp3) is 0.833. The number of carbonyl (C=O) groups excluding carboxylic acids is 1. The Balaban J connectivity index is 2.29. The van der Waals surface area contributed by atoms with Gasteiger partial charge in [-0.1, -0.05) is 6.92 Å². The minimum atomic E-state index is 0.182. The molecule has 0 amide bonds. The summed E-state index contributed by atoms with van der Waals surface area (Å²) in [5.74, 6) is 0. The van der Waals surface area contributed by atoms with Crippen LogP contribution in [-0.2, 0) is 9.53 Å². The molecule has 0 aromatic rings. The van der Waals surface area contributed by atoms with Gasteiger partial charge in [0.25, 0.3) is 0 Å². The minimum absolute atomic E-state index is 0.182. The maximum absolute atomic E-state index is 9.96. The smallest absolute Gasteiger partial charge is 0.120 e. The third-order valence-electron chi connectivity index (χ3n) is 1.48. The van der Waals surface area contributed by atoms with E-state index in [0.717, 1.165) is 19.5 Å². The molecular weight excluding hydrogens is 104 g/mol. The van der Waals surface area contributed by atoms with Gasteiger partial charge in [0.1, 0.15) is 6.29 Å². The molecule has 0 saturated carbocycles.